The lowest BCUT2D eigenvalue weighted by atomic mass is 10.2. The molecule has 0 bridgehead atoms. The molecule has 1 N–H and O–H groups in total. The number of nitrogens with zero attached hydrogens (tertiary/aromatic N) is 1. The first kappa shape index (κ1) is 9.26. The Kier molecular flexibility index (Phi) is 3.80. The van der Waals surface area contributed by atoms with E-state index in [4.69, 9.17) is 4.74 Å². The zero-order valence-electron chi connectivity index (χ0n) is 7.71. The molecule has 0 aliphatic carbocycles. The molecule has 1 fully saturated rings. The molecule has 68 valence electrons. The lowest BCUT2D eigenvalue weighted by molar-refractivity contribution is 0.220. The fourth-order valence-corrected chi connectivity index (χ4v) is 1.18. The number of rotatable bonds is 3. The minimum Gasteiger partial charge on any atom is -0.489 e. The van der Waals surface area contributed by atoms with E-state index >= 15 is 0 Å². The molecular weight excluding hydrogens is 152 g/mol. The molecule has 12 heavy (non-hydrogen) atoms. The molecular formula is C9H16N2O. The maximum absolute atomic E-state index is 5.54. The summed E-state index contributed by atoms with van der Waals surface area (Å²) in [5, 5.41) is 2.95. The van der Waals surface area contributed by atoms with Crippen LogP contribution in [0.2, 0.25) is 0 Å². The van der Waals surface area contributed by atoms with Crippen molar-refractivity contribution in [3.63, 3.8) is 0 Å². The Morgan fingerprint density at radius 3 is 3.17 bits per heavy atom. The SMILES string of the molecule is C/C=C1\CCC(/C=N\CNC)O1. The Balaban J connectivity index is 2.28. The average molecular weight is 168 g/mol. The lowest BCUT2D eigenvalue weighted by Gasteiger charge is -2.03. The fourth-order valence-electron chi connectivity index (χ4n) is 1.18. The van der Waals surface area contributed by atoms with Crippen LogP contribution in [0.3, 0.4) is 0 Å². The van der Waals surface area contributed by atoms with Gasteiger partial charge in [-0.2, -0.15) is 0 Å². The maximum Gasteiger partial charge on any atom is 0.133 e. The van der Waals surface area contributed by atoms with Crippen molar-refractivity contribution >= 4 is 6.21 Å². The second kappa shape index (κ2) is 4.93. The second-order valence-corrected chi connectivity index (χ2v) is 2.79. The number of aliphatic imine (C=N–C) groups is 1. The number of allylic oxidation sites excluding steroid dienone is 2. The molecule has 0 amide bonds. The Morgan fingerprint density at radius 2 is 2.58 bits per heavy atom. The van der Waals surface area contributed by atoms with Crippen LogP contribution in [-0.4, -0.2) is 26.0 Å². The summed E-state index contributed by atoms with van der Waals surface area (Å²) in [4.78, 5) is 4.15. The van der Waals surface area contributed by atoms with Crippen LogP contribution in [0, 0.1) is 0 Å². The van der Waals surface area contributed by atoms with E-state index in [0.717, 1.165) is 18.6 Å². The van der Waals surface area contributed by atoms with E-state index in [1.165, 1.54) is 0 Å². The molecule has 1 heterocycles. The van der Waals surface area contributed by atoms with Crippen LogP contribution in [-0.2, 0) is 4.74 Å². The van der Waals surface area contributed by atoms with Gasteiger partial charge in [-0.05, 0) is 26.5 Å². The predicted molar refractivity (Wildman–Crippen MR) is 50.3 cm³/mol. The van der Waals surface area contributed by atoms with Crippen LogP contribution < -0.4 is 5.32 Å². The zero-order valence-corrected chi connectivity index (χ0v) is 7.71. The van der Waals surface area contributed by atoms with Gasteiger partial charge in [-0.3, -0.25) is 4.99 Å². The van der Waals surface area contributed by atoms with Gasteiger partial charge in [0.2, 0.25) is 0 Å². The number of hydrogen-bond donors (Lipinski definition) is 1. The summed E-state index contributed by atoms with van der Waals surface area (Å²) in [6.07, 6.45) is 6.21. The molecule has 0 spiro atoms. The molecule has 3 nitrogen and oxygen atoms in total. The summed E-state index contributed by atoms with van der Waals surface area (Å²) < 4.78 is 5.54. The van der Waals surface area contributed by atoms with Gasteiger partial charge in [-0.1, -0.05) is 0 Å². The number of ether oxygens (including phenoxy) is 1. The molecule has 0 radical (unpaired) electrons. The number of nitrogens with one attached hydrogen (secondary N) is 1. The van der Waals surface area contributed by atoms with Crippen molar-refractivity contribution < 1.29 is 4.74 Å². The summed E-state index contributed by atoms with van der Waals surface area (Å²) >= 11 is 0. The molecule has 0 aromatic rings. The first-order valence-electron chi connectivity index (χ1n) is 4.33. The molecule has 1 saturated heterocycles. The van der Waals surface area contributed by atoms with Gasteiger partial charge in [0.05, 0.1) is 12.4 Å². The topological polar surface area (TPSA) is 33.6 Å². The van der Waals surface area contributed by atoms with Crippen molar-refractivity contribution in [3.8, 4) is 0 Å². The average Bonchev–Trinajstić information content (AvgIpc) is 2.53. The van der Waals surface area contributed by atoms with Crippen LogP contribution in [0.1, 0.15) is 19.8 Å². The van der Waals surface area contributed by atoms with Crippen LogP contribution in [0.4, 0.5) is 0 Å². The maximum atomic E-state index is 5.54. The summed E-state index contributed by atoms with van der Waals surface area (Å²) in [6, 6.07) is 0. The molecule has 0 aromatic heterocycles. The predicted octanol–water partition coefficient (Wildman–Crippen LogP) is 1.32. The Bertz CT molecular complexity index is 187. The molecule has 3 heteroatoms. The van der Waals surface area contributed by atoms with Crippen molar-refractivity contribution in [2.75, 3.05) is 13.7 Å². The van der Waals surface area contributed by atoms with Crippen LogP contribution in [0.25, 0.3) is 0 Å². The first-order valence-corrected chi connectivity index (χ1v) is 4.33. The van der Waals surface area contributed by atoms with Gasteiger partial charge in [0.15, 0.2) is 0 Å². The van der Waals surface area contributed by atoms with Crippen LogP contribution >= 0.6 is 0 Å². The highest BCUT2D eigenvalue weighted by Crippen LogP contribution is 2.21. The summed E-state index contributed by atoms with van der Waals surface area (Å²) in [5.41, 5.74) is 0. The largest absolute Gasteiger partial charge is 0.489 e. The van der Waals surface area contributed by atoms with Crippen LogP contribution in [0.5, 0.6) is 0 Å². The van der Waals surface area contributed by atoms with Crippen molar-refractivity contribution in [3.05, 3.63) is 11.8 Å². The smallest absolute Gasteiger partial charge is 0.133 e. The molecule has 1 aliphatic heterocycles. The summed E-state index contributed by atoms with van der Waals surface area (Å²) in [7, 11) is 1.88. The highest BCUT2D eigenvalue weighted by molar-refractivity contribution is 5.63. The van der Waals surface area contributed by atoms with Crippen molar-refractivity contribution in [1.29, 1.82) is 0 Å². The molecule has 1 unspecified atom stereocenters. The van der Waals surface area contributed by atoms with Crippen molar-refractivity contribution in [2.45, 2.75) is 25.9 Å². The molecule has 1 aliphatic rings. The molecule has 1 atom stereocenters. The van der Waals surface area contributed by atoms with Gasteiger partial charge in [0.1, 0.15) is 6.10 Å². The normalized spacial score (nSPS) is 26.8. The third-order valence-electron chi connectivity index (χ3n) is 1.82. The second-order valence-electron chi connectivity index (χ2n) is 2.79. The third kappa shape index (κ3) is 2.66. The van der Waals surface area contributed by atoms with E-state index in [9.17, 15) is 0 Å². The quantitative estimate of drug-likeness (QED) is 0.645. The van der Waals surface area contributed by atoms with E-state index < -0.39 is 0 Å². The van der Waals surface area contributed by atoms with Gasteiger partial charge >= 0.3 is 0 Å². The molecule has 0 saturated carbocycles. The van der Waals surface area contributed by atoms with Crippen molar-refractivity contribution in [2.24, 2.45) is 4.99 Å². The lowest BCUT2D eigenvalue weighted by Crippen LogP contribution is -2.10. The first-order chi connectivity index (χ1) is 5.86. The van der Waals surface area contributed by atoms with Gasteiger partial charge in [0, 0.05) is 12.6 Å². The van der Waals surface area contributed by atoms with Gasteiger partial charge in [-0.25, -0.2) is 0 Å². The van der Waals surface area contributed by atoms with Gasteiger partial charge in [0.25, 0.3) is 0 Å². The van der Waals surface area contributed by atoms with Gasteiger partial charge < -0.3 is 10.1 Å². The van der Waals surface area contributed by atoms with E-state index in [1.807, 2.05) is 26.3 Å². The molecule has 1 rings (SSSR count). The minimum absolute atomic E-state index is 0.199. The number of hydrogen-bond acceptors (Lipinski definition) is 3. The highest BCUT2D eigenvalue weighted by atomic mass is 16.5. The fraction of sp³-hybridized carbons (Fsp3) is 0.667. The summed E-state index contributed by atoms with van der Waals surface area (Å²) in [5.74, 6) is 1.09. The third-order valence-corrected chi connectivity index (χ3v) is 1.82. The highest BCUT2D eigenvalue weighted by Gasteiger charge is 2.17. The minimum atomic E-state index is 0.199. The van der Waals surface area contributed by atoms with Gasteiger partial charge in [-0.15, -0.1) is 0 Å². The molecule has 0 aromatic carbocycles. The van der Waals surface area contributed by atoms with E-state index in [2.05, 4.69) is 10.3 Å². The Hall–Kier alpha value is -0.830. The standard InChI is InChI=1S/C9H16N2O/c1-3-8-4-5-9(12-8)6-11-7-10-2/h3,6,9-10H,4-5,7H2,1-2H3/b8-3+,11-6-. The van der Waals surface area contributed by atoms with Crippen molar-refractivity contribution in [1.82, 2.24) is 5.32 Å². The summed E-state index contributed by atoms with van der Waals surface area (Å²) in [6.45, 7) is 2.67. The van der Waals surface area contributed by atoms with E-state index in [0.29, 0.717) is 6.67 Å². The monoisotopic (exact) mass is 168 g/mol. The zero-order chi connectivity index (χ0) is 8.81. The van der Waals surface area contributed by atoms with E-state index in [-0.39, 0.29) is 6.10 Å². The Labute approximate surface area is 73.5 Å². The Morgan fingerprint density at radius 1 is 1.75 bits per heavy atom. The van der Waals surface area contributed by atoms with E-state index in [1.54, 1.807) is 0 Å². The van der Waals surface area contributed by atoms with Crippen LogP contribution in [0.15, 0.2) is 16.8 Å².